The van der Waals surface area contributed by atoms with E-state index in [2.05, 4.69) is 9.71 Å². The van der Waals surface area contributed by atoms with Crippen molar-refractivity contribution in [2.75, 3.05) is 10.5 Å². The van der Waals surface area contributed by atoms with Gasteiger partial charge in [0.1, 0.15) is 17.2 Å². The fraction of sp³-hybridized carbons (Fsp3) is 0.217. The van der Waals surface area contributed by atoms with Crippen molar-refractivity contribution in [2.24, 2.45) is 7.05 Å². The standard InChI is InChI=1S/C23H22F2N4O3S/c1-4-33(31,32)27-20-8-16(17-7-14(2)23(30)28(3)11-17)9-21-22(20)26-13-29(21)12-15-5-6-18(24)10-19(15)25/h5-11,13,27H,4,12H2,1-3H3. The van der Waals surface area contributed by atoms with Crippen molar-refractivity contribution in [3.8, 4) is 11.1 Å². The van der Waals surface area contributed by atoms with Gasteiger partial charge in [0, 0.05) is 30.4 Å². The highest BCUT2D eigenvalue weighted by Crippen LogP contribution is 2.31. The number of pyridine rings is 1. The summed E-state index contributed by atoms with van der Waals surface area (Å²) in [5, 5.41) is 0. The first-order chi connectivity index (χ1) is 15.6. The monoisotopic (exact) mass is 472 g/mol. The second kappa shape index (κ2) is 8.43. The third-order valence-corrected chi connectivity index (χ3v) is 6.71. The average molecular weight is 473 g/mol. The van der Waals surface area contributed by atoms with Crippen LogP contribution < -0.4 is 10.3 Å². The molecule has 0 amide bonds. The summed E-state index contributed by atoms with van der Waals surface area (Å²) in [5.41, 5.74) is 3.22. The van der Waals surface area contributed by atoms with Crippen LogP contribution in [-0.2, 0) is 23.6 Å². The molecule has 0 unspecified atom stereocenters. The summed E-state index contributed by atoms with van der Waals surface area (Å²) >= 11 is 0. The van der Waals surface area contributed by atoms with Crippen molar-refractivity contribution in [3.63, 3.8) is 0 Å². The van der Waals surface area contributed by atoms with Crippen LogP contribution in [0, 0.1) is 18.6 Å². The lowest BCUT2D eigenvalue weighted by atomic mass is 10.0. The molecule has 0 aliphatic carbocycles. The van der Waals surface area contributed by atoms with Gasteiger partial charge in [-0.3, -0.25) is 9.52 Å². The second-order valence-corrected chi connectivity index (χ2v) is 9.84. The molecule has 4 aromatic rings. The number of hydrogen-bond acceptors (Lipinski definition) is 4. The first-order valence-electron chi connectivity index (χ1n) is 10.2. The zero-order chi connectivity index (χ0) is 23.9. The van der Waals surface area contributed by atoms with Gasteiger partial charge in [0.25, 0.3) is 5.56 Å². The smallest absolute Gasteiger partial charge is 0.253 e. The normalized spacial score (nSPS) is 11.8. The van der Waals surface area contributed by atoms with Crippen LogP contribution in [0.3, 0.4) is 0 Å². The number of fused-ring (bicyclic) bond motifs is 1. The second-order valence-electron chi connectivity index (χ2n) is 7.83. The Labute approximate surface area is 189 Å². The van der Waals surface area contributed by atoms with Crippen LogP contribution in [0.25, 0.3) is 22.2 Å². The van der Waals surface area contributed by atoms with Crippen molar-refractivity contribution in [3.05, 3.63) is 82.0 Å². The number of anilines is 1. The van der Waals surface area contributed by atoms with Gasteiger partial charge in [-0.1, -0.05) is 6.07 Å². The molecule has 4 rings (SSSR count). The molecular weight excluding hydrogens is 450 g/mol. The van der Waals surface area contributed by atoms with Crippen LogP contribution in [-0.4, -0.2) is 28.3 Å². The third kappa shape index (κ3) is 4.51. The van der Waals surface area contributed by atoms with Gasteiger partial charge in [-0.25, -0.2) is 22.2 Å². The fourth-order valence-corrected chi connectivity index (χ4v) is 4.28. The first-order valence-corrected chi connectivity index (χ1v) is 11.8. The molecule has 2 heterocycles. The van der Waals surface area contributed by atoms with Crippen molar-refractivity contribution < 1.29 is 17.2 Å². The highest BCUT2D eigenvalue weighted by atomic mass is 32.2. The average Bonchev–Trinajstić information content (AvgIpc) is 3.16. The minimum Gasteiger partial charge on any atom is -0.326 e. The number of nitrogens with zero attached hydrogens (tertiary/aromatic N) is 3. The van der Waals surface area contributed by atoms with Crippen LogP contribution in [0.1, 0.15) is 18.1 Å². The molecule has 2 aromatic heterocycles. The van der Waals surface area contributed by atoms with Crippen LogP contribution in [0.4, 0.5) is 14.5 Å². The number of nitrogens with one attached hydrogen (secondary N) is 1. The summed E-state index contributed by atoms with van der Waals surface area (Å²) in [6.45, 7) is 3.29. The zero-order valence-corrected chi connectivity index (χ0v) is 19.1. The summed E-state index contributed by atoms with van der Waals surface area (Å²) in [5.74, 6) is -1.48. The van der Waals surface area contributed by atoms with Crippen LogP contribution in [0.5, 0.6) is 0 Å². The minimum atomic E-state index is -3.60. The lowest BCUT2D eigenvalue weighted by Gasteiger charge is -2.13. The van der Waals surface area contributed by atoms with E-state index in [-0.39, 0.29) is 29.1 Å². The van der Waals surface area contributed by atoms with Crippen molar-refractivity contribution in [1.29, 1.82) is 0 Å². The molecule has 0 spiro atoms. The molecule has 0 aliphatic rings. The Morgan fingerprint density at radius 2 is 1.85 bits per heavy atom. The number of rotatable bonds is 6. The first kappa shape index (κ1) is 22.7. The molecule has 7 nitrogen and oxygen atoms in total. The number of sulfonamides is 1. The lowest BCUT2D eigenvalue weighted by Crippen LogP contribution is -2.18. The van der Waals surface area contributed by atoms with Crippen LogP contribution >= 0.6 is 0 Å². The third-order valence-electron chi connectivity index (χ3n) is 5.42. The molecule has 0 bridgehead atoms. The predicted octanol–water partition coefficient (Wildman–Crippen LogP) is 3.80. The van der Waals surface area contributed by atoms with E-state index in [9.17, 15) is 22.0 Å². The SMILES string of the molecule is CCS(=O)(=O)Nc1cc(-c2cc(C)c(=O)n(C)c2)cc2c1ncn2Cc1ccc(F)cc1F. The van der Waals surface area contributed by atoms with Gasteiger partial charge >= 0.3 is 0 Å². The number of imidazole rings is 1. The number of benzene rings is 2. The lowest BCUT2D eigenvalue weighted by molar-refractivity contribution is 0.567. The van der Waals surface area contributed by atoms with E-state index in [4.69, 9.17) is 0 Å². The van der Waals surface area contributed by atoms with E-state index in [1.54, 1.807) is 42.9 Å². The molecule has 0 aliphatic heterocycles. The highest BCUT2D eigenvalue weighted by Gasteiger charge is 2.17. The maximum absolute atomic E-state index is 14.3. The van der Waals surface area contributed by atoms with E-state index in [0.29, 0.717) is 27.7 Å². The summed E-state index contributed by atoms with van der Waals surface area (Å²) in [6.07, 6.45) is 3.14. The van der Waals surface area contributed by atoms with Crippen molar-refractivity contribution in [2.45, 2.75) is 20.4 Å². The molecule has 2 aromatic carbocycles. The molecular formula is C23H22F2N4O3S. The van der Waals surface area contributed by atoms with Gasteiger partial charge in [0.2, 0.25) is 10.0 Å². The van der Waals surface area contributed by atoms with Gasteiger partial charge in [0.05, 0.1) is 29.8 Å². The number of aryl methyl sites for hydroxylation is 2. The van der Waals surface area contributed by atoms with E-state index >= 15 is 0 Å². The van der Waals surface area contributed by atoms with Gasteiger partial charge in [0.15, 0.2) is 0 Å². The van der Waals surface area contributed by atoms with E-state index in [0.717, 1.165) is 6.07 Å². The summed E-state index contributed by atoms with van der Waals surface area (Å²) < 4.78 is 57.9. The van der Waals surface area contributed by atoms with Crippen LogP contribution in [0.15, 0.2) is 53.7 Å². The molecule has 1 N–H and O–H groups in total. The van der Waals surface area contributed by atoms with E-state index < -0.39 is 21.7 Å². The molecule has 0 atom stereocenters. The molecule has 0 fully saturated rings. The Kier molecular flexibility index (Phi) is 5.79. The van der Waals surface area contributed by atoms with E-state index in [1.165, 1.54) is 30.0 Å². The Hall–Kier alpha value is -3.53. The molecule has 0 saturated carbocycles. The number of aromatic nitrogens is 3. The largest absolute Gasteiger partial charge is 0.326 e. The molecule has 0 saturated heterocycles. The summed E-state index contributed by atoms with van der Waals surface area (Å²) in [4.78, 5) is 16.5. The van der Waals surface area contributed by atoms with Crippen molar-refractivity contribution >= 4 is 26.7 Å². The van der Waals surface area contributed by atoms with Crippen molar-refractivity contribution in [1.82, 2.24) is 14.1 Å². The Bertz CT molecular complexity index is 1520. The topological polar surface area (TPSA) is 86.0 Å². The molecule has 0 radical (unpaired) electrons. The summed E-state index contributed by atoms with van der Waals surface area (Å²) in [6, 6.07) is 8.53. The number of halogens is 2. The Morgan fingerprint density at radius 1 is 1.09 bits per heavy atom. The Balaban J connectivity index is 1.92. The zero-order valence-electron chi connectivity index (χ0n) is 18.3. The maximum atomic E-state index is 14.3. The minimum absolute atomic E-state index is 0.0678. The molecule has 172 valence electrons. The van der Waals surface area contributed by atoms with Crippen LogP contribution in [0.2, 0.25) is 0 Å². The molecule has 10 heteroatoms. The van der Waals surface area contributed by atoms with Gasteiger partial charge in [-0.2, -0.15) is 0 Å². The Morgan fingerprint density at radius 3 is 2.52 bits per heavy atom. The van der Waals surface area contributed by atoms with E-state index in [1.807, 2.05) is 0 Å². The number of hydrogen-bond donors (Lipinski definition) is 1. The van der Waals surface area contributed by atoms with Gasteiger partial charge in [-0.05, 0) is 49.2 Å². The maximum Gasteiger partial charge on any atom is 0.253 e. The fourth-order valence-electron chi connectivity index (χ4n) is 3.64. The van der Waals surface area contributed by atoms with Gasteiger partial charge in [-0.15, -0.1) is 0 Å². The molecule has 33 heavy (non-hydrogen) atoms. The van der Waals surface area contributed by atoms with Gasteiger partial charge < -0.3 is 9.13 Å². The quantitative estimate of drug-likeness (QED) is 0.463. The highest BCUT2D eigenvalue weighted by molar-refractivity contribution is 7.92. The summed E-state index contributed by atoms with van der Waals surface area (Å²) in [7, 11) is -1.96. The predicted molar refractivity (Wildman–Crippen MR) is 124 cm³/mol.